The van der Waals surface area contributed by atoms with Crippen molar-refractivity contribution in [1.82, 2.24) is 0 Å². The Morgan fingerprint density at radius 1 is 1.20 bits per heavy atom. The number of hydrogen-bond acceptors (Lipinski definition) is 2. The summed E-state index contributed by atoms with van der Waals surface area (Å²) < 4.78 is 33.3. The van der Waals surface area contributed by atoms with Crippen molar-refractivity contribution in [3.05, 3.63) is 64.7 Å². The Morgan fingerprint density at radius 2 is 1.95 bits per heavy atom. The lowest BCUT2D eigenvalue weighted by Gasteiger charge is -2.16. The quantitative estimate of drug-likeness (QED) is 0.924. The van der Waals surface area contributed by atoms with Crippen LogP contribution in [0.25, 0.3) is 0 Å². The molecular formula is C16H17F2NO. The SMILES string of the molecule is CCOc1cccc(C(N)c2c(F)ccc(C)c2F)c1. The first kappa shape index (κ1) is 14.5. The Balaban J connectivity index is 2.43. The highest BCUT2D eigenvalue weighted by molar-refractivity contribution is 5.39. The van der Waals surface area contributed by atoms with E-state index in [1.54, 1.807) is 31.2 Å². The van der Waals surface area contributed by atoms with Gasteiger partial charge in [0, 0.05) is 5.56 Å². The molecule has 1 unspecified atom stereocenters. The van der Waals surface area contributed by atoms with Gasteiger partial charge in [-0.1, -0.05) is 18.2 Å². The van der Waals surface area contributed by atoms with Gasteiger partial charge in [0.1, 0.15) is 17.4 Å². The summed E-state index contributed by atoms with van der Waals surface area (Å²) in [5, 5.41) is 0. The Kier molecular flexibility index (Phi) is 4.35. The van der Waals surface area contributed by atoms with Gasteiger partial charge in [-0.15, -0.1) is 0 Å². The highest BCUT2D eigenvalue weighted by Crippen LogP contribution is 2.28. The normalized spacial score (nSPS) is 12.2. The summed E-state index contributed by atoms with van der Waals surface area (Å²) in [7, 11) is 0. The number of ether oxygens (including phenoxy) is 1. The van der Waals surface area contributed by atoms with E-state index in [0.29, 0.717) is 23.5 Å². The van der Waals surface area contributed by atoms with Crippen LogP contribution in [0.2, 0.25) is 0 Å². The lowest BCUT2D eigenvalue weighted by atomic mass is 9.96. The van der Waals surface area contributed by atoms with Crippen molar-refractivity contribution in [2.24, 2.45) is 5.73 Å². The molecule has 0 aliphatic heterocycles. The van der Waals surface area contributed by atoms with Gasteiger partial charge >= 0.3 is 0 Å². The fourth-order valence-electron chi connectivity index (χ4n) is 2.09. The third-order valence-corrected chi connectivity index (χ3v) is 3.16. The lowest BCUT2D eigenvalue weighted by Crippen LogP contribution is -2.16. The molecule has 0 radical (unpaired) electrons. The maximum atomic E-state index is 14.1. The summed E-state index contributed by atoms with van der Waals surface area (Å²) in [5.41, 5.74) is 6.89. The van der Waals surface area contributed by atoms with Crippen LogP contribution >= 0.6 is 0 Å². The third-order valence-electron chi connectivity index (χ3n) is 3.16. The van der Waals surface area contributed by atoms with Crippen LogP contribution in [-0.2, 0) is 0 Å². The predicted octanol–water partition coefficient (Wildman–Crippen LogP) is 3.72. The van der Waals surface area contributed by atoms with Gasteiger partial charge in [-0.25, -0.2) is 8.78 Å². The molecule has 4 heteroatoms. The van der Waals surface area contributed by atoms with E-state index >= 15 is 0 Å². The van der Waals surface area contributed by atoms with Crippen molar-refractivity contribution in [2.75, 3.05) is 6.61 Å². The first-order valence-corrected chi connectivity index (χ1v) is 6.47. The molecule has 0 saturated carbocycles. The average molecular weight is 277 g/mol. The number of nitrogens with two attached hydrogens (primary N) is 1. The number of halogens is 2. The van der Waals surface area contributed by atoms with Crippen LogP contribution in [0.4, 0.5) is 8.78 Å². The van der Waals surface area contributed by atoms with Gasteiger partial charge in [0.05, 0.1) is 12.6 Å². The van der Waals surface area contributed by atoms with Gasteiger partial charge in [0.15, 0.2) is 0 Å². The summed E-state index contributed by atoms with van der Waals surface area (Å²) in [6.45, 7) is 3.97. The fourth-order valence-corrected chi connectivity index (χ4v) is 2.09. The molecule has 106 valence electrons. The maximum Gasteiger partial charge on any atom is 0.134 e. The molecule has 0 fully saturated rings. The van der Waals surface area contributed by atoms with Crippen LogP contribution in [-0.4, -0.2) is 6.61 Å². The molecule has 2 aromatic rings. The van der Waals surface area contributed by atoms with Gasteiger partial charge in [-0.05, 0) is 43.2 Å². The second-order valence-electron chi connectivity index (χ2n) is 4.58. The lowest BCUT2D eigenvalue weighted by molar-refractivity contribution is 0.339. The first-order chi connectivity index (χ1) is 9.54. The molecule has 0 bridgehead atoms. The van der Waals surface area contributed by atoms with Crippen molar-refractivity contribution in [2.45, 2.75) is 19.9 Å². The number of rotatable bonds is 4. The zero-order valence-corrected chi connectivity index (χ0v) is 11.5. The fraction of sp³-hybridized carbons (Fsp3) is 0.250. The van der Waals surface area contributed by atoms with Crippen LogP contribution < -0.4 is 10.5 Å². The molecule has 1 atom stereocenters. The van der Waals surface area contributed by atoms with E-state index in [1.807, 2.05) is 6.92 Å². The molecule has 0 aliphatic rings. The molecule has 2 rings (SSSR count). The van der Waals surface area contributed by atoms with Gasteiger partial charge < -0.3 is 10.5 Å². The molecule has 0 spiro atoms. The van der Waals surface area contributed by atoms with Crippen LogP contribution in [0.5, 0.6) is 5.75 Å². The zero-order chi connectivity index (χ0) is 14.7. The maximum absolute atomic E-state index is 14.1. The summed E-state index contributed by atoms with van der Waals surface area (Å²) in [4.78, 5) is 0. The Morgan fingerprint density at radius 3 is 2.65 bits per heavy atom. The molecule has 0 aliphatic carbocycles. The average Bonchev–Trinajstić information content (AvgIpc) is 2.44. The molecule has 0 saturated heterocycles. The van der Waals surface area contributed by atoms with Crippen molar-refractivity contribution in [1.29, 1.82) is 0 Å². The molecule has 2 aromatic carbocycles. The van der Waals surface area contributed by atoms with Gasteiger partial charge in [-0.2, -0.15) is 0 Å². The van der Waals surface area contributed by atoms with E-state index in [2.05, 4.69) is 0 Å². The third kappa shape index (κ3) is 2.80. The molecule has 0 heterocycles. The van der Waals surface area contributed by atoms with E-state index < -0.39 is 17.7 Å². The van der Waals surface area contributed by atoms with E-state index in [9.17, 15) is 8.78 Å². The summed E-state index contributed by atoms with van der Waals surface area (Å²) in [6, 6.07) is 8.74. The molecule has 0 aromatic heterocycles. The Hall–Kier alpha value is -1.94. The Bertz CT molecular complexity index is 613. The second-order valence-corrected chi connectivity index (χ2v) is 4.58. The molecule has 2 N–H and O–H groups in total. The van der Waals surface area contributed by atoms with Crippen molar-refractivity contribution in [3.8, 4) is 5.75 Å². The minimum Gasteiger partial charge on any atom is -0.494 e. The van der Waals surface area contributed by atoms with E-state index in [1.165, 1.54) is 12.1 Å². The van der Waals surface area contributed by atoms with Gasteiger partial charge in [0.25, 0.3) is 0 Å². The molecule has 20 heavy (non-hydrogen) atoms. The monoisotopic (exact) mass is 277 g/mol. The number of aryl methyl sites for hydroxylation is 1. The van der Waals surface area contributed by atoms with Gasteiger partial charge in [0.2, 0.25) is 0 Å². The van der Waals surface area contributed by atoms with Crippen LogP contribution in [0.15, 0.2) is 36.4 Å². The summed E-state index contributed by atoms with van der Waals surface area (Å²) in [6.07, 6.45) is 0. The minimum absolute atomic E-state index is 0.112. The number of hydrogen-bond donors (Lipinski definition) is 1. The standard InChI is InChI=1S/C16H17F2NO/c1-3-20-12-6-4-5-11(9-12)16(19)14-13(17)8-7-10(2)15(14)18/h4-9,16H,3,19H2,1-2H3. The first-order valence-electron chi connectivity index (χ1n) is 6.47. The van der Waals surface area contributed by atoms with E-state index in [-0.39, 0.29) is 5.56 Å². The smallest absolute Gasteiger partial charge is 0.134 e. The largest absolute Gasteiger partial charge is 0.494 e. The summed E-state index contributed by atoms with van der Waals surface area (Å²) in [5.74, 6) is -0.601. The molecular weight excluding hydrogens is 260 g/mol. The van der Waals surface area contributed by atoms with Crippen LogP contribution in [0, 0.1) is 18.6 Å². The Labute approximate surface area is 117 Å². The number of benzene rings is 2. The van der Waals surface area contributed by atoms with Crippen molar-refractivity contribution < 1.29 is 13.5 Å². The van der Waals surface area contributed by atoms with E-state index in [0.717, 1.165) is 0 Å². The van der Waals surface area contributed by atoms with Crippen LogP contribution in [0.3, 0.4) is 0 Å². The predicted molar refractivity (Wildman–Crippen MR) is 74.7 cm³/mol. The zero-order valence-electron chi connectivity index (χ0n) is 11.5. The summed E-state index contributed by atoms with van der Waals surface area (Å²) >= 11 is 0. The molecule has 2 nitrogen and oxygen atoms in total. The topological polar surface area (TPSA) is 35.2 Å². The van der Waals surface area contributed by atoms with Gasteiger partial charge in [-0.3, -0.25) is 0 Å². The minimum atomic E-state index is -0.865. The second kappa shape index (κ2) is 6.01. The molecule has 0 amide bonds. The van der Waals surface area contributed by atoms with E-state index in [4.69, 9.17) is 10.5 Å². The van der Waals surface area contributed by atoms with Crippen molar-refractivity contribution >= 4 is 0 Å². The van der Waals surface area contributed by atoms with Crippen LogP contribution in [0.1, 0.15) is 29.7 Å². The van der Waals surface area contributed by atoms with Crippen molar-refractivity contribution in [3.63, 3.8) is 0 Å². The highest BCUT2D eigenvalue weighted by atomic mass is 19.1. The highest BCUT2D eigenvalue weighted by Gasteiger charge is 2.20.